The van der Waals surface area contributed by atoms with Gasteiger partial charge < -0.3 is 10.8 Å². The van der Waals surface area contributed by atoms with Gasteiger partial charge in [0, 0.05) is 0 Å². The molecule has 1 atom stereocenters. The lowest BCUT2D eigenvalue weighted by atomic mass is 9.98. The first kappa shape index (κ1) is 8.39. The van der Waals surface area contributed by atoms with Gasteiger partial charge in [0.2, 0.25) is 6.43 Å². The number of halogens is 2. The van der Waals surface area contributed by atoms with Crippen molar-refractivity contribution in [1.29, 1.82) is 0 Å². The molecule has 1 aliphatic carbocycles. The first-order valence-corrected chi connectivity index (χ1v) is 3.27. The molecule has 0 aromatic heterocycles. The lowest BCUT2D eigenvalue weighted by Gasteiger charge is -2.17. The molecule has 1 aliphatic rings. The van der Waals surface area contributed by atoms with Crippen LogP contribution in [0.5, 0.6) is 0 Å². The van der Waals surface area contributed by atoms with Crippen molar-refractivity contribution in [2.45, 2.75) is 25.3 Å². The smallest absolute Gasteiger partial charge is 0.321 e. The van der Waals surface area contributed by atoms with Gasteiger partial charge >= 0.3 is 5.97 Å². The topological polar surface area (TPSA) is 63.3 Å². The normalized spacial score (nSPS) is 23.3. The minimum Gasteiger partial charge on any atom is -0.480 e. The van der Waals surface area contributed by atoms with Gasteiger partial charge in [-0.15, -0.1) is 0 Å². The van der Waals surface area contributed by atoms with E-state index >= 15 is 0 Å². The van der Waals surface area contributed by atoms with E-state index in [-0.39, 0.29) is 12.8 Å². The van der Waals surface area contributed by atoms with Crippen molar-refractivity contribution in [3.05, 3.63) is 0 Å². The highest BCUT2D eigenvalue weighted by atomic mass is 19.3. The van der Waals surface area contributed by atoms with E-state index in [4.69, 9.17) is 10.8 Å². The lowest BCUT2D eigenvalue weighted by molar-refractivity contribution is -0.142. The Morgan fingerprint density at radius 1 is 1.55 bits per heavy atom. The second kappa shape index (κ2) is 2.41. The van der Waals surface area contributed by atoms with E-state index in [1.54, 1.807) is 0 Å². The van der Waals surface area contributed by atoms with E-state index in [2.05, 4.69) is 0 Å². The number of hydrogen-bond donors (Lipinski definition) is 2. The van der Waals surface area contributed by atoms with Crippen LogP contribution >= 0.6 is 0 Å². The van der Waals surface area contributed by atoms with Crippen LogP contribution in [0.25, 0.3) is 0 Å². The molecule has 1 unspecified atom stereocenters. The van der Waals surface area contributed by atoms with Crippen LogP contribution in [0.1, 0.15) is 12.8 Å². The van der Waals surface area contributed by atoms with Gasteiger partial charge in [-0.1, -0.05) is 0 Å². The summed E-state index contributed by atoms with van der Waals surface area (Å²) in [4.78, 5) is 10.2. The van der Waals surface area contributed by atoms with Gasteiger partial charge in [-0.2, -0.15) is 0 Å². The zero-order chi connectivity index (χ0) is 8.65. The molecule has 1 rings (SSSR count). The highest BCUT2D eigenvalue weighted by molar-refractivity contribution is 5.75. The Morgan fingerprint density at radius 2 is 2.00 bits per heavy atom. The molecule has 5 heteroatoms. The van der Waals surface area contributed by atoms with E-state index in [9.17, 15) is 13.6 Å². The van der Waals surface area contributed by atoms with Gasteiger partial charge in [-0.05, 0) is 12.8 Å². The summed E-state index contributed by atoms with van der Waals surface area (Å²) in [7, 11) is 0. The molecular weight excluding hydrogens is 156 g/mol. The predicted octanol–water partition coefficient (Wildman–Crippen LogP) is 0.444. The zero-order valence-corrected chi connectivity index (χ0v) is 5.76. The maximum atomic E-state index is 12.1. The van der Waals surface area contributed by atoms with E-state index in [0.29, 0.717) is 0 Å². The molecule has 3 N–H and O–H groups in total. The molecule has 0 bridgehead atoms. The molecule has 1 fully saturated rings. The van der Waals surface area contributed by atoms with Crippen molar-refractivity contribution in [3.63, 3.8) is 0 Å². The maximum absolute atomic E-state index is 12.1. The van der Waals surface area contributed by atoms with Crippen LogP contribution < -0.4 is 5.73 Å². The molecule has 0 aromatic rings. The van der Waals surface area contributed by atoms with Crippen molar-refractivity contribution in [2.75, 3.05) is 0 Å². The Labute approximate surface area is 62.2 Å². The monoisotopic (exact) mass is 165 g/mol. The summed E-state index contributed by atoms with van der Waals surface area (Å²) in [6.45, 7) is 0. The summed E-state index contributed by atoms with van der Waals surface area (Å²) in [6, 6.07) is -1.41. The van der Waals surface area contributed by atoms with Crippen LogP contribution in [0, 0.1) is 5.41 Å². The first-order valence-electron chi connectivity index (χ1n) is 3.27. The summed E-state index contributed by atoms with van der Waals surface area (Å²) in [6.07, 6.45) is -2.18. The predicted molar refractivity (Wildman–Crippen MR) is 33.3 cm³/mol. The molecule has 0 saturated heterocycles. The van der Waals surface area contributed by atoms with Gasteiger partial charge in [0.15, 0.2) is 0 Å². The molecule has 64 valence electrons. The average molecular weight is 165 g/mol. The van der Waals surface area contributed by atoms with Crippen LogP contribution in [0.15, 0.2) is 0 Å². The molecule has 0 amide bonds. The molecular formula is C6H9F2NO2. The fraction of sp³-hybridized carbons (Fsp3) is 0.833. The summed E-state index contributed by atoms with van der Waals surface area (Å²) in [5.74, 6) is -1.34. The molecule has 0 radical (unpaired) electrons. The van der Waals surface area contributed by atoms with Crippen molar-refractivity contribution in [1.82, 2.24) is 0 Å². The molecule has 11 heavy (non-hydrogen) atoms. The third-order valence-electron chi connectivity index (χ3n) is 2.15. The van der Waals surface area contributed by atoms with Crippen molar-refractivity contribution in [2.24, 2.45) is 11.1 Å². The average Bonchev–Trinajstić information content (AvgIpc) is 2.65. The fourth-order valence-electron chi connectivity index (χ4n) is 1.06. The standard InChI is InChI=1S/C6H9F2NO2/c7-5(8)6(1-2-6)3(9)4(10)11/h3,5H,1-2,9H2,(H,10,11). The number of hydrogen-bond acceptors (Lipinski definition) is 2. The molecule has 3 nitrogen and oxygen atoms in total. The fourth-order valence-corrected chi connectivity index (χ4v) is 1.06. The number of nitrogens with two attached hydrogens (primary N) is 1. The van der Waals surface area contributed by atoms with Crippen LogP contribution in [-0.4, -0.2) is 23.5 Å². The Kier molecular flexibility index (Phi) is 1.83. The largest absolute Gasteiger partial charge is 0.480 e. The van der Waals surface area contributed by atoms with E-state index in [1.165, 1.54) is 0 Å². The molecule has 0 spiro atoms. The van der Waals surface area contributed by atoms with Crippen molar-refractivity contribution < 1.29 is 18.7 Å². The number of carbonyl (C=O) groups is 1. The van der Waals surface area contributed by atoms with E-state index in [0.717, 1.165) is 0 Å². The quantitative estimate of drug-likeness (QED) is 0.637. The second-order valence-electron chi connectivity index (χ2n) is 2.85. The third-order valence-corrected chi connectivity index (χ3v) is 2.15. The lowest BCUT2D eigenvalue weighted by Crippen LogP contribution is -2.43. The number of carboxylic acids is 1. The second-order valence-corrected chi connectivity index (χ2v) is 2.85. The van der Waals surface area contributed by atoms with Crippen LogP contribution in [-0.2, 0) is 4.79 Å². The Hall–Kier alpha value is -0.710. The Balaban J connectivity index is 2.65. The van der Waals surface area contributed by atoms with Gasteiger partial charge in [-0.3, -0.25) is 4.79 Å². The van der Waals surface area contributed by atoms with Crippen molar-refractivity contribution >= 4 is 5.97 Å². The Bertz CT molecular complexity index is 179. The number of carboxylic acid groups (broad SMARTS) is 1. The van der Waals surface area contributed by atoms with Crippen LogP contribution in [0.4, 0.5) is 8.78 Å². The van der Waals surface area contributed by atoms with Gasteiger partial charge in [0.25, 0.3) is 0 Å². The minimum absolute atomic E-state index is 0.220. The summed E-state index contributed by atoms with van der Waals surface area (Å²) in [5, 5.41) is 8.35. The van der Waals surface area contributed by atoms with Gasteiger partial charge in [0.1, 0.15) is 6.04 Å². The molecule has 1 saturated carbocycles. The number of rotatable bonds is 3. The minimum atomic E-state index is -2.62. The van der Waals surface area contributed by atoms with E-state index < -0.39 is 23.9 Å². The summed E-state index contributed by atoms with van der Waals surface area (Å²) < 4.78 is 24.3. The molecule has 0 aliphatic heterocycles. The summed E-state index contributed by atoms with van der Waals surface area (Å²) >= 11 is 0. The highest BCUT2D eigenvalue weighted by Gasteiger charge is 2.58. The highest BCUT2D eigenvalue weighted by Crippen LogP contribution is 2.52. The summed E-state index contributed by atoms with van der Waals surface area (Å²) in [5.41, 5.74) is 3.65. The van der Waals surface area contributed by atoms with Crippen molar-refractivity contribution in [3.8, 4) is 0 Å². The Morgan fingerprint density at radius 3 is 2.09 bits per heavy atom. The molecule has 0 aromatic carbocycles. The molecule has 0 heterocycles. The first-order chi connectivity index (χ1) is 5.00. The third kappa shape index (κ3) is 1.20. The van der Waals surface area contributed by atoms with Gasteiger partial charge in [-0.25, -0.2) is 8.78 Å². The number of aliphatic carboxylic acids is 1. The zero-order valence-electron chi connectivity index (χ0n) is 5.76. The van der Waals surface area contributed by atoms with Crippen LogP contribution in [0.3, 0.4) is 0 Å². The van der Waals surface area contributed by atoms with E-state index in [1.807, 2.05) is 0 Å². The maximum Gasteiger partial charge on any atom is 0.321 e. The van der Waals surface area contributed by atoms with Gasteiger partial charge in [0.05, 0.1) is 5.41 Å². The SMILES string of the molecule is NC(C(=O)O)C1(C(F)F)CC1. The number of alkyl halides is 2. The van der Waals surface area contributed by atoms with Crippen LogP contribution in [0.2, 0.25) is 0 Å².